The van der Waals surface area contributed by atoms with Crippen LogP contribution in [0.4, 0.5) is 0 Å². The molecular weight excluding hydrogens is 130 g/mol. The predicted molar refractivity (Wildman–Crippen MR) is 38.7 cm³/mol. The van der Waals surface area contributed by atoms with Gasteiger partial charge in [-0.05, 0) is 7.05 Å². The monoisotopic (exact) mass is 145 g/mol. The average Bonchev–Trinajstić information content (AvgIpc) is 2.09. The fourth-order valence-electron chi connectivity index (χ4n) is 1.56. The van der Waals surface area contributed by atoms with Gasteiger partial charge < -0.3 is 10.2 Å². The molecule has 3 nitrogen and oxygen atoms in total. The smallest absolute Gasteiger partial charge is 0.0708 e. The van der Waals surface area contributed by atoms with Crippen LogP contribution in [-0.2, 0) is 0 Å². The molecule has 0 aromatic heterocycles. The summed E-state index contributed by atoms with van der Waals surface area (Å²) in [7, 11) is 1.92. The molecule has 0 spiro atoms. The molecule has 1 fully saturated rings. The van der Waals surface area contributed by atoms with E-state index in [9.17, 15) is 5.11 Å². The van der Waals surface area contributed by atoms with Gasteiger partial charge in [0, 0.05) is 18.5 Å². The maximum atomic E-state index is 9.32. The first kappa shape index (κ1) is 7.98. The van der Waals surface area contributed by atoms with Crippen molar-refractivity contribution in [2.75, 3.05) is 20.2 Å². The highest BCUT2D eigenvalue weighted by molar-refractivity contribution is 4.88. The molecule has 0 radical (unpaired) electrons. The Balaban J connectivity index is 2.55. The summed E-state index contributed by atoms with van der Waals surface area (Å²) < 4.78 is 0. The van der Waals surface area contributed by atoms with Gasteiger partial charge in [-0.2, -0.15) is 0 Å². The zero-order valence-corrected chi connectivity index (χ0v) is 6.49. The fourth-order valence-corrected chi connectivity index (χ4v) is 1.56. The Hall–Kier alpha value is -0.120. The van der Waals surface area contributed by atoms with Crippen LogP contribution in [0.2, 0.25) is 0 Å². The lowest BCUT2D eigenvalue weighted by atomic mass is 10.0. The van der Waals surface area contributed by atoms with E-state index in [-0.39, 0.29) is 24.7 Å². The van der Waals surface area contributed by atoms with Crippen molar-refractivity contribution in [3.05, 3.63) is 0 Å². The van der Waals surface area contributed by atoms with Crippen molar-refractivity contribution >= 4 is 0 Å². The topological polar surface area (TPSA) is 43.7 Å². The summed E-state index contributed by atoms with van der Waals surface area (Å²) in [6, 6.07) is 0.148. The molecule has 0 aliphatic carbocycles. The number of aliphatic hydroxyl groups is 2. The van der Waals surface area contributed by atoms with Gasteiger partial charge in [-0.15, -0.1) is 0 Å². The summed E-state index contributed by atoms with van der Waals surface area (Å²) in [4.78, 5) is 2.00. The largest absolute Gasteiger partial charge is 0.395 e. The molecule has 0 bridgehead atoms. The molecule has 1 rings (SSSR count). The lowest BCUT2D eigenvalue weighted by molar-refractivity contribution is 0.130. The van der Waals surface area contributed by atoms with Crippen LogP contribution < -0.4 is 0 Å². The summed E-state index contributed by atoms with van der Waals surface area (Å²) in [6.07, 6.45) is -0.262. The van der Waals surface area contributed by atoms with Gasteiger partial charge in [0.15, 0.2) is 0 Å². The normalized spacial score (nSPS) is 42.6. The highest BCUT2D eigenvalue weighted by Gasteiger charge is 2.34. The number of hydrogen-bond donors (Lipinski definition) is 2. The van der Waals surface area contributed by atoms with Gasteiger partial charge in [0.2, 0.25) is 0 Å². The third-order valence-electron chi connectivity index (χ3n) is 2.44. The van der Waals surface area contributed by atoms with Crippen LogP contribution in [0.5, 0.6) is 0 Å². The molecule has 1 aliphatic heterocycles. The number of rotatable bonds is 1. The molecule has 3 unspecified atom stereocenters. The Kier molecular flexibility index (Phi) is 2.28. The van der Waals surface area contributed by atoms with E-state index >= 15 is 0 Å². The van der Waals surface area contributed by atoms with Gasteiger partial charge in [-0.3, -0.25) is 4.90 Å². The van der Waals surface area contributed by atoms with E-state index in [1.54, 1.807) is 0 Å². The molecule has 1 aliphatic rings. The van der Waals surface area contributed by atoms with Crippen molar-refractivity contribution in [2.45, 2.75) is 19.1 Å². The van der Waals surface area contributed by atoms with Crippen LogP contribution in [-0.4, -0.2) is 47.5 Å². The van der Waals surface area contributed by atoms with E-state index in [0.717, 1.165) is 0 Å². The minimum Gasteiger partial charge on any atom is -0.395 e. The Bertz CT molecular complexity index is 118. The summed E-state index contributed by atoms with van der Waals surface area (Å²) in [6.45, 7) is 2.80. The van der Waals surface area contributed by atoms with Crippen LogP contribution in [0, 0.1) is 5.92 Å². The molecular formula is C7H15NO2. The van der Waals surface area contributed by atoms with Crippen LogP contribution in [0.3, 0.4) is 0 Å². The molecule has 1 saturated heterocycles. The lowest BCUT2D eigenvalue weighted by Crippen LogP contribution is -2.31. The van der Waals surface area contributed by atoms with E-state index < -0.39 is 0 Å². The third kappa shape index (κ3) is 1.17. The van der Waals surface area contributed by atoms with Gasteiger partial charge in [-0.1, -0.05) is 6.92 Å². The standard InChI is InChI=1S/C7H15NO2/c1-5-6(4-9)8(2)3-7(5)10/h5-7,9-10H,3-4H2,1-2H3. The molecule has 1 heterocycles. The summed E-state index contributed by atoms with van der Waals surface area (Å²) >= 11 is 0. The van der Waals surface area contributed by atoms with Crippen LogP contribution in [0.1, 0.15) is 6.92 Å². The van der Waals surface area contributed by atoms with E-state index in [1.165, 1.54) is 0 Å². The van der Waals surface area contributed by atoms with Crippen molar-refractivity contribution in [3.63, 3.8) is 0 Å². The van der Waals surface area contributed by atoms with Crippen molar-refractivity contribution < 1.29 is 10.2 Å². The molecule has 2 N–H and O–H groups in total. The first-order valence-corrected chi connectivity index (χ1v) is 3.66. The summed E-state index contributed by atoms with van der Waals surface area (Å²) in [5, 5.41) is 18.2. The molecule has 3 heteroatoms. The Morgan fingerprint density at radius 3 is 2.40 bits per heavy atom. The zero-order valence-electron chi connectivity index (χ0n) is 6.49. The van der Waals surface area contributed by atoms with E-state index in [4.69, 9.17) is 5.11 Å². The molecule has 3 atom stereocenters. The Labute approximate surface area is 61.3 Å². The Morgan fingerprint density at radius 2 is 2.20 bits per heavy atom. The molecule has 10 heavy (non-hydrogen) atoms. The van der Waals surface area contributed by atoms with Crippen molar-refractivity contribution in [1.29, 1.82) is 0 Å². The van der Waals surface area contributed by atoms with E-state index in [1.807, 2.05) is 18.9 Å². The molecule has 0 saturated carbocycles. The van der Waals surface area contributed by atoms with Gasteiger partial charge >= 0.3 is 0 Å². The number of likely N-dealkylation sites (tertiary alicyclic amines) is 1. The second kappa shape index (κ2) is 2.86. The second-order valence-corrected chi connectivity index (χ2v) is 3.12. The van der Waals surface area contributed by atoms with Gasteiger partial charge in [-0.25, -0.2) is 0 Å². The van der Waals surface area contributed by atoms with Gasteiger partial charge in [0.05, 0.1) is 12.7 Å². The first-order chi connectivity index (χ1) is 4.66. The molecule has 0 aromatic carbocycles. The van der Waals surface area contributed by atoms with Crippen LogP contribution in [0.25, 0.3) is 0 Å². The van der Waals surface area contributed by atoms with Gasteiger partial charge in [0.25, 0.3) is 0 Å². The molecule has 0 amide bonds. The SMILES string of the molecule is CC1C(O)CN(C)C1CO. The number of likely N-dealkylation sites (N-methyl/N-ethyl adjacent to an activating group) is 1. The minimum atomic E-state index is -0.262. The highest BCUT2D eigenvalue weighted by Crippen LogP contribution is 2.21. The van der Waals surface area contributed by atoms with Crippen LogP contribution in [0.15, 0.2) is 0 Å². The van der Waals surface area contributed by atoms with Crippen molar-refractivity contribution in [2.24, 2.45) is 5.92 Å². The predicted octanol–water partition coefficient (Wildman–Crippen LogP) is -0.710. The van der Waals surface area contributed by atoms with Crippen LogP contribution >= 0.6 is 0 Å². The summed E-state index contributed by atoms with van der Waals surface area (Å²) in [5.41, 5.74) is 0. The molecule has 60 valence electrons. The number of β-amino-alcohol motifs (C(OH)–C–C–N with tert-alkyl or cyclic N) is 1. The maximum Gasteiger partial charge on any atom is 0.0708 e. The quantitative estimate of drug-likeness (QED) is 0.512. The second-order valence-electron chi connectivity index (χ2n) is 3.12. The van der Waals surface area contributed by atoms with Crippen molar-refractivity contribution in [1.82, 2.24) is 4.90 Å². The van der Waals surface area contributed by atoms with Gasteiger partial charge in [0.1, 0.15) is 0 Å². The minimum absolute atomic E-state index is 0.148. The zero-order chi connectivity index (χ0) is 7.72. The lowest BCUT2D eigenvalue weighted by Gasteiger charge is -2.19. The van der Waals surface area contributed by atoms with E-state index in [0.29, 0.717) is 6.54 Å². The van der Waals surface area contributed by atoms with Crippen molar-refractivity contribution in [3.8, 4) is 0 Å². The first-order valence-electron chi connectivity index (χ1n) is 3.66. The maximum absolute atomic E-state index is 9.32. The van der Waals surface area contributed by atoms with E-state index in [2.05, 4.69) is 0 Å². The average molecular weight is 145 g/mol. The number of aliphatic hydroxyl groups excluding tert-OH is 2. The highest BCUT2D eigenvalue weighted by atomic mass is 16.3. The summed E-state index contributed by atoms with van der Waals surface area (Å²) in [5.74, 6) is 0.204. The number of hydrogen-bond acceptors (Lipinski definition) is 3. The fraction of sp³-hybridized carbons (Fsp3) is 1.00. The third-order valence-corrected chi connectivity index (χ3v) is 2.44. The number of nitrogens with zero attached hydrogens (tertiary/aromatic N) is 1. The molecule has 0 aromatic rings. The Morgan fingerprint density at radius 1 is 1.60 bits per heavy atom.